The number of methoxy groups -OCH3 is 1. The van der Waals surface area contributed by atoms with Crippen LogP contribution < -0.4 is 19.4 Å². The smallest absolute Gasteiger partial charge is 0.243 e. The standard InChI is InChI=1S/C39H41N3O4.H2O/c1-29-6-12-32(13-7-29)39(2,23-22-37(43)40-24-5-25-42-27-26-41(3)28-42)33-14-20-36(21-15-33)46-35-18-10-31(11-19-35)38(44)30-8-16-34(45-4)17-9-30;/h6-21,26-28H,5,22-25H2,1-4H3;1H2. The zero-order chi connectivity index (χ0) is 32.5. The number of ketones is 1. The lowest BCUT2D eigenvalue weighted by atomic mass is 9.73. The lowest BCUT2D eigenvalue weighted by Crippen LogP contribution is -2.30. The molecule has 1 atom stereocenters. The van der Waals surface area contributed by atoms with Gasteiger partial charge in [0.1, 0.15) is 29.6 Å². The minimum Gasteiger partial charge on any atom is -0.870 e. The van der Waals surface area contributed by atoms with E-state index < -0.39 is 0 Å². The summed E-state index contributed by atoms with van der Waals surface area (Å²) >= 11 is 0. The molecule has 5 aromatic rings. The number of imidazole rings is 1. The normalized spacial score (nSPS) is 12.0. The van der Waals surface area contributed by atoms with E-state index in [4.69, 9.17) is 9.47 Å². The number of nitrogens with zero attached hydrogens (tertiary/aromatic N) is 2. The third-order valence-electron chi connectivity index (χ3n) is 8.48. The van der Waals surface area contributed by atoms with Gasteiger partial charge in [-0.15, -0.1) is 0 Å². The van der Waals surface area contributed by atoms with Crippen molar-refractivity contribution in [3.05, 3.63) is 144 Å². The average molecular weight is 634 g/mol. The highest BCUT2D eigenvalue weighted by Crippen LogP contribution is 2.38. The van der Waals surface area contributed by atoms with Crippen LogP contribution in [0.15, 0.2) is 116 Å². The summed E-state index contributed by atoms with van der Waals surface area (Å²) in [6.07, 6.45) is 8.04. The van der Waals surface area contributed by atoms with Crippen LogP contribution in [0.4, 0.5) is 0 Å². The van der Waals surface area contributed by atoms with Crippen molar-refractivity contribution in [1.29, 1.82) is 0 Å². The number of amides is 1. The number of aromatic nitrogens is 2. The number of hydrogen-bond donors (Lipinski definition) is 1. The summed E-state index contributed by atoms with van der Waals surface area (Å²) in [5.41, 5.74) is 4.28. The molecule has 5 rings (SSSR count). The molecule has 0 spiro atoms. The van der Waals surface area contributed by atoms with Gasteiger partial charge in [0, 0.05) is 35.9 Å². The first-order valence-corrected chi connectivity index (χ1v) is 15.7. The first kappa shape index (κ1) is 34.7. The van der Waals surface area contributed by atoms with E-state index in [-0.39, 0.29) is 22.6 Å². The van der Waals surface area contributed by atoms with E-state index in [2.05, 4.69) is 60.1 Å². The summed E-state index contributed by atoms with van der Waals surface area (Å²) in [6.45, 7) is 5.79. The van der Waals surface area contributed by atoms with Gasteiger partial charge in [0.15, 0.2) is 5.78 Å². The van der Waals surface area contributed by atoms with Gasteiger partial charge >= 0.3 is 0 Å². The summed E-state index contributed by atoms with van der Waals surface area (Å²) in [6, 6.07) is 30.9. The van der Waals surface area contributed by atoms with Gasteiger partial charge in [0.05, 0.1) is 20.7 Å². The third-order valence-corrected chi connectivity index (χ3v) is 8.48. The predicted octanol–water partition coefficient (Wildman–Crippen LogP) is 6.77. The first-order chi connectivity index (χ1) is 22.2. The van der Waals surface area contributed by atoms with Gasteiger partial charge in [-0.3, -0.25) is 9.59 Å². The van der Waals surface area contributed by atoms with Crippen LogP contribution in [0, 0.1) is 6.92 Å². The maximum Gasteiger partial charge on any atom is 0.243 e. The molecule has 1 amide bonds. The van der Waals surface area contributed by atoms with E-state index in [9.17, 15) is 9.59 Å². The van der Waals surface area contributed by atoms with Crippen molar-refractivity contribution < 1.29 is 29.1 Å². The second kappa shape index (κ2) is 15.9. The third kappa shape index (κ3) is 8.95. The molecule has 0 radical (unpaired) electrons. The van der Waals surface area contributed by atoms with Crippen LogP contribution in [0.2, 0.25) is 0 Å². The Labute approximate surface area is 276 Å². The zero-order valence-electron chi connectivity index (χ0n) is 27.5. The molecule has 8 heteroatoms. The van der Waals surface area contributed by atoms with E-state index in [1.54, 1.807) is 55.6 Å². The summed E-state index contributed by atoms with van der Waals surface area (Å²) < 4.78 is 15.4. The zero-order valence-corrected chi connectivity index (χ0v) is 27.5. The fourth-order valence-electron chi connectivity index (χ4n) is 5.56. The number of rotatable bonds is 14. The van der Waals surface area contributed by atoms with Gasteiger partial charge in [0.25, 0.3) is 0 Å². The van der Waals surface area contributed by atoms with Gasteiger partial charge in [-0.1, -0.05) is 48.9 Å². The van der Waals surface area contributed by atoms with Crippen LogP contribution in [0.3, 0.4) is 0 Å². The number of nitrogens with one attached hydrogen (secondary N) is 1. The number of ether oxygens (including phenoxy) is 2. The number of carbonyl (C=O) groups is 2. The molecular formula is C39H43N3O5. The molecule has 0 saturated heterocycles. The Balaban J connectivity index is 0.00000500. The van der Waals surface area contributed by atoms with Crippen molar-refractivity contribution in [2.75, 3.05) is 13.7 Å². The van der Waals surface area contributed by atoms with Crippen LogP contribution >= 0.6 is 0 Å². The topological polar surface area (TPSA) is 103 Å². The molecule has 1 unspecified atom stereocenters. The van der Waals surface area contributed by atoms with Crippen molar-refractivity contribution in [1.82, 2.24) is 9.88 Å². The van der Waals surface area contributed by atoms with E-state index in [1.165, 1.54) is 5.56 Å². The van der Waals surface area contributed by atoms with Crippen molar-refractivity contribution in [3.63, 3.8) is 0 Å². The molecule has 0 saturated carbocycles. The average Bonchev–Trinajstić information content (AvgIpc) is 3.51. The van der Waals surface area contributed by atoms with Crippen molar-refractivity contribution in [2.24, 2.45) is 7.05 Å². The second-order valence-electron chi connectivity index (χ2n) is 11.9. The molecule has 4 aromatic carbocycles. The molecule has 8 nitrogen and oxygen atoms in total. The van der Waals surface area contributed by atoms with E-state index >= 15 is 0 Å². The molecule has 2 N–H and O–H groups in total. The summed E-state index contributed by atoms with van der Waals surface area (Å²) in [4.78, 5) is 25.8. The molecule has 1 aromatic heterocycles. The van der Waals surface area contributed by atoms with E-state index in [0.29, 0.717) is 47.8 Å². The molecule has 0 fully saturated rings. The molecule has 0 aliphatic heterocycles. The SMILES string of the molecule is COc1ccc(C(=O)c2ccc(Oc3ccc(C(C)(CCC(=O)NCCCn4cc[n+](C)c4)c4ccc(C)cc4)cc3)cc2)cc1.[OH-]. The Hall–Kier alpha value is -5.21. The maximum absolute atomic E-state index is 12.9. The molecule has 47 heavy (non-hydrogen) atoms. The lowest BCUT2D eigenvalue weighted by Gasteiger charge is -2.31. The van der Waals surface area contributed by atoms with E-state index in [0.717, 1.165) is 24.1 Å². The van der Waals surface area contributed by atoms with Gasteiger partial charge in [-0.25, -0.2) is 9.13 Å². The number of carbonyl (C=O) groups excluding carboxylic acids is 2. The minimum atomic E-state index is -0.368. The number of aryl methyl sites for hydroxylation is 3. The Morgan fingerprint density at radius 2 is 1.34 bits per heavy atom. The highest BCUT2D eigenvalue weighted by atomic mass is 16.5. The highest BCUT2D eigenvalue weighted by molar-refractivity contribution is 6.09. The van der Waals surface area contributed by atoms with Gasteiger partial charge in [-0.05, 0) is 85.1 Å². The Morgan fingerprint density at radius 1 is 0.809 bits per heavy atom. The molecule has 0 aliphatic carbocycles. The van der Waals surface area contributed by atoms with Crippen molar-refractivity contribution in [3.8, 4) is 17.2 Å². The Bertz CT molecular complexity index is 1740. The van der Waals surface area contributed by atoms with Crippen molar-refractivity contribution in [2.45, 2.75) is 45.1 Å². The molecular weight excluding hydrogens is 590 g/mol. The quantitative estimate of drug-likeness (QED) is 0.0826. The fourth-order valence-corrected chi connectivity index (χ4v) is 5.56. The highest BCUT2D eigenvalue weighted by Gasteiger charge is 2.29. The molecule has 1 heterocycles. The van der Waals surface area contributed by atoms with Crippen LogP contribution in [0.1, 0.15) is 58.8 Å². The van der Waals surface area contributed by atoms with Crippen LogP contribution in [0.5, 0.6) is 17.2 Å². The summed E-state index contributed by atoms with van der Waals surface area (Å²) in [5, 5.41) is 3.10. The van der Waals surface area contributed by atoms with Gasteiger partial charge in [-0.2, -0.15) is 0 Å². The van der Waals surface area contributed by atoms with Gasteiger partial charge in [0.2, 0.25) is 12.2 Å². The largest absolute Gasteiger partial charge is 0.870 e. The Kier molecular flexibility index (Phi) is 11.7. The van der Waals surface area contributed by atoms with E-state index in [1.807, 2.05) is 42.5 Å². The van der Waals surface area contributed by atoms with Crippen molar-refractivity contribution >= 4 is 11.7 Å². The monoisotopic (exact) mass is 633 g/mol. The van der Waals surface area contributed by atoms with Crippen LogP contribution in [-0.4, -0.2) is 35.4 Å². The molecule has 0 bridgehead atoms. The lowest BCUT2D eigenvalue weighted by molar-refractivity contribution is -0.671. The van der Waals surface area contributed by atoms with Crippen LogP contribution in [0.25, 0.3) is 0 Å². The maximum atomic E-state index is 12.9. The molecule has 0 aliphatic rings. The number of benzene rings is 4. The second-order valence-corrected chi connectivity index (χ2v) is 11.9. The van der Waals surface area contributed by atoms with Crippen LogP contribution in [-0.2, 0) is 23.8 Å². The minimum absolute atomic E-state index is 0. The summed E-state index contributed by atoms with van der Waals surface area (Å²) in [5.74, 6) is 2.04. The molecule has 244 valence electrons. The summed E-state index contributed by atoms with van der Waals surface area (Å²) in [7, 11) is 3.60. The Morgan fingerprint density at radius 3 is 1.87 bits per heavy atom. The predicted molar refractivity (Wildman–Crippen MR) is 181 cm³/mol. The van der Waals surface area contributed by atoms with Gasteiger partial charge < -0.3 is 20.3 Å². The first-order valence-electron chi connectivity index (χ1n) is 15.7. The fraction of sp³-hybridized carbons (Fsp3) is 0.256. The number of hydrogen-bond acceptors (Lipinski definition) is 5.